The highest BCUT2D eigenvalue weighted by atomic mass is 16.7. The van der Waals surface area contributed by atoms with E-state index in [-0.39, 0.29) is 170 Å². The molecule has 0 radical (unpaired) electrons. The van der Waals surface area contributed by atoms with E-state index in [2.05, 4.69) is 31.9 Å². The number of ether oxygens (including phenoxy) is 15. The van der Waals surface area contributed by atoms with Crippen molar-refractivity contribution in [3.63, 3.8) is 0 Å². The molecule has 564 valence electrons. The van der Waals surface area contributed by atoms with Gasteiger partial charge in [-0.15, -0.1) is 0 Å². The third-order valence-electron chi connectivity index (χ3n) is 14.8. The Balaban J connectivity index is 1.33. The summed E-state index contributed by atoms with van der Waals surface area (Å²) >= 11 is 0. The molecule has 3 aliphatic rings. The first kappa shape index (κ1) is 86.7. The molecule has 3 aliphatic heterocycles. The molecule has 0 aromatic rings. The van der Waals surface area contributed by atoms with Gasteiger partial charge in [0.2, 0.25) is 35.4 Å². The van der Waals surface area contributed by atoms with Gasteiger partial charge in [0.05, 0.1) is 151 Å². The second-order valence-corrected chi connectivity index (χ2v) is 22.6. The largest absolute Gasteiger partial charge is 0.394 e. The van der Waals surface area contributed by atoms with Crippen molar-refractivity contribution in [2.45, 2.75) is 163 Å². The van der Waals surface area contributed by atoms with Crippen molar-refractivity contribution in [2.24, 2.45) is 5.73 Å². The predicted octanol–water partition coefficient (Wildman–Crippen LogP) is -9.03. The number of rotatable bonds is 55. The number of aliphatic hydroxyl groups excluding tert-OH is 9. The predicted molar refractivity (Wildman–Crippen MR) is 330 cm³/mol. The van der Waals surface area contributed by atoms with Gasteiger partial charge in [-0.05, 0) is 45.4 Å². The third-order valence-corrected chi connectivity index (χ3v) is 14.8. The lowest BCUT2D eigenvalue weighted by Crippen LogP contribution is -2.64. The molecule has 1 unspecified atom stereocenters. The van der Waals surface area contributed by atoms with Gasteiger partial charge in [-0.2, -0.15) is 0 Å². The van der Waals surface area contributed by atoms with Gasteiger partial charge in [-0.3, -0.25) is 33.6 Å². The monoisotopic (exact) mass is 1410 g/mol. The van der Waals surface area contributed by atoms with Crippen LogP contribution in [0.4, 0.5) is 0 Å². The van der Waals surface area contributed by atoms with Gasteiger partial charge in [0, 0.05) is 26.9 Å². The van der Waals surface area contributed by atoms with Gasteiger partial charge in [0.25, 0.3) is 0 Å². The summed E-state index contributed by atoms with van der Waals surface area (Å²) in [5.74, 6) is -3.34. The number of carbonyl (C=O) groups is 7. The van der Waals surface area contributed by atoms with Crippen LogP contribution in [0.5, 0.6) is 0 Å². The summed E-state index contributed by atoms with van der Waals surface area (Å²) in [7, 11) is 0. The first-order valence-electron chi connectivity index (χ1n) is 32.5. The van der Waals surface area contributed by atoms with E-state index in [0.717, 1.165) is 0 Å². The molecule has 3 rings (SSSR count). The molecule has 17 N–H and O–H groups in total. The fourth-order valence-electron chi connectivity index (χ4n) is 9.62. The number of amides is 6. The molecule has 97 heavy (non-hydrogen) atoms. The van der Waals surface area contributed by atoms with Crippen molar-refractivity contribution < 1.29 is 151 Å². The molecule has 0 aromatic carbocycles. The number of aliphatic hydroxyl groups is 9. The lowest BCUT2D eigenvalue weighted by Gasteiger charge is -2.42. The van der Waals surface area contributed by atoms with E-state index in [1.54, 1.807) is 0 Å². The molecule has 0 bridgehead atoms. The second-order valence-electron chi connectivity index (χ2n) is 22.6. The molecule has 17 atom stereocenters. The van der Waals surface area contributed by atoms with Crippen LogP contribution in [-0.4, -0.2) is 363 Å². The van der Waals surface area contributed by atoms with E-state index >= 15 is 0 Å². The van der Waals surface area contributed by atoms with Crippen molar-refractivity contribution in [3.05, 3.63) is 0 Å². The minimum absolute atomic E-state index is 0.00244. The third kappa shape index (κ3) is 35.6. The average Bonchev–Trinajstić information content (AvgIpc) is 0.830. The van der Waals surface area contributed by atoms with Crippen LogP contribution in [0.25, 0.3) is 0 Å². The van der Waals surface area contributed by atoms with Crippen LogP contribution in [-0.2, 0) is 105 Å². The Morgan fingerprint density at radius 1 is 0.392 bits per heavy atom. The SMILES string of the molecule is CC(=O)N[C@H]1[C@H](OCCOCCOCCOCC(=O)NCCCC[C@H](NC(=O)C(CCCCNC(=O)COCCOCCOCCO[C@@H]2O[C@H](CO)[C@H](O)[C@H](O)[C@H]2N)NC(=O)COCCOCCOCCO[C@@H]2O[C@H](CO)[C@H](O)[C@H](O)[C@H]2NC(C)=O)C(C)=O)O[C@H](CO)[C@H](O)[C@@H]1O. The Kier molecular flexibility index (Phi) is 46.1. The molecule has 38 nitrogen and oxygen atoms in total. The van der Waals surface area contributed by atoms with Gasteiger partial charge in [0.15, 0.2) is 24.7 Å². The molecule has 38 heteroatoms. The number of nitrogens with one attached hydrogen (secondary N) is 6. The number of hydrogen-bond donors (Lipinski definition) is 16. The van der Waals surface area contributed by atoms with Crippen molar-refractivity contribution in [1.29, 1.82) is 0 Å². The topological polar surface area (TPSA) is 538 Å². The molecular weight excluding hydrogens is 1300 g/mol. The molecule has 6 amide bonds. The van der Waals surface area contributed by atoms with Gasteiger partial charge >= 0.3 is 0 Å². The summed E-state index contributed by atoms with van der Waals surface area (Å²) in [5.41, 5.74) is 5.85. The van der Waals surface area contributed by atoms with E-state index in [0.29, 0.717) is 25.7 Å². The number of hydrogen-bond acceptors (Lipinski definition) is 32. The zero-order valence-corrected chi connectivity index (χ0v) is 55.5. The normalized spacial score (nSPS) is 26.3. The summed E-state index contributed by atoms with van der Waals surface area (Å²) in [6, 6.07) is -5.21. The first-order valence-corrected chi connectivity index (χ1v) is 32.5. The highest BCUT2D eigenvalue weighted by Gasteiger charge is 2.47. The highest BCUT2D eigenvalue weighted by molar-refractivity contribution is 5.92. The Morgan fingerprint density at radius 2 is 0.711 bits per heavy atom. The number of nitrogens with two attached hydrogens (primary N) is 1. The molecule has 0 aromatic heterocycles. The number of ketones is 1. The fourth-order valence-corrected chi connectivity index (χ4v) is 9.62. The van der Waals surface area contributed by atoms with Crippen molar-refractivity contribution in [3.8, 4) is 0 Å². The van der Waals surface area contributed by atoms with Crippen LogP contribution in [0.1, 0.15) is 59.3 Å². The minimum atomic E-state index is -1.46. The summed E-state index contributed by atoms with van der Waals surface area (Å²) in [4.78, 5) is 87.7. The Hall–Kier alpha value is -4.51. The van der Waals surface area contributed by atoms with Crippen LogP contribution in [0.15, 0.2) is 0 Å². The van der Waals surface area contributed by atoms with Gasteiger partial charge in [-0.1, -0.05) is 0 Å². The molecule has 0 saturated carbocycles. The zero-order chi connectivity index (χ0) is 71.3. The van der Waals surface area contributed by atoms with E-state index in [1.807, 2.05) is 0 Å². The average molecular weight is 1410 g/mol. The van der Waals surface area contributed by atoms with Crippen LogP contribution in [0.2, 0.25) is 0 Å². The molecular formula is C59H107N7O31. The quantitative estimate of drug-likeness (QED) is 0.0252. The number of carbonyl (C=O) groups excluding carboxylic acids is 7. The number of Topliss-reactive ketones (excluding diaryl/α,β-unsaturated/α-hetero) is 1. The van der Waals surface area contributed by atoms with Crippen molar-refractivity contribution >= 4 is 41.2 Å². The highest BCUT2D eigenvalue weighted by Crippen LogP contribution is 2.24. The molecule has 3 heterocycles. The smallest absolute Gasteiger partial charge is 0.246 e. The summed E-state index contributed by atoms with van der Waals surface area (Å²) in [6.45, 7) is 3.61. The molecule has 0 spiro atoms. The summed E-state index contributed by atoms with van der Waals surface area (Å²) in [6.07, 6.45) is -13.1. The maximum atomic E-state index is 13.7. The summed E-state index contributed by atoms with van der Waals surface area (Å²) in [5, 5.41) is 105. The second kappa shape index (κ2) is 51.6. The Labute approximate surface area is 563 Å². The molecule has 3 fully saturated rings. The van der Waals surface area contributed by atoms with Crippen molar-refractivity contribution in [1.82, 2.24) is 31.9 Å². The maximum absolute atomic E-state index is 13.7. The van der Waals surface area contributed by atoms with Crippen molar-refractivity contribution in [2.75, 3.05) is 172 Å². The first-order chi connectivity index (χ1) is 46.6. The lowest BCUT2D eigenvalue weighted by atomic mass is 9.97. The van der Waals surface area contributed by atoms with Crippen LogP contribution >= 0.6 is 0 Å². The zero-order valence-electron chi connectivity index (χ0n) is 55.5. The molecule has 0 aliphatic carbocycles. The van der Waals surface area contributed by atoms with Gasteiger partial charge in [0.1, 0.15) is 92.9 Å². The van der Waals surface area contributed by atoms with E-state index in [1.165, 1.54) is 20.8 Å². The van der Waals surface area contributed by atoms with Gasteiger partial charge < -0.3 is 155 Å². The lowest BCUT2D eigenvalue weighted by molar-refractivity contribution is -0.272. The van der Waals surface area contributed by atoms with E-state index in [4.69, 9.17) is 76.8 Å². The number of unbranched alkanes of at least 4 members (excludes halogenated alkanes) is 2. The van der Waals surface area contributed by atoms with Crippen LogP contribution in [0.3, 0.4) is 0 Å². The van der Waals surface area contributed by atoms with Crippen LogP contribution in [0, 0.1) is 0 Å². The van der Waals surface area contributed by atoms with Crippen LogP contribution < -0.4 is 37.6 Å². The van der Waals surface area contributed by atoms with Gasteiger partial charge in [-0.25, -0.2) is 0 Å². The standard InChI is InChI=1S/C59H107N7O31/c1-36(70)39(8-4-6-10-61-44(73)33-89-22-19-84-13-16-87-25-28-93-58-48(63-37(2)71)54(80)51(77)42(31-68)96-58)66-56(82)40(65-46(75)35-91-23-20-85-14-17-88-26-29-94-59-49(64-38(3)72)55(81)52(78)43(32-69)97-59)9-5-7-11-62-45(74)34-90-21-18-83-12-15-86-24-27-92-57-47(60)53(79)50(76)41(30-67)95-57/h39-43,47-55,57-59,67-69,76-81H,4-35,60H2,1-3H3,(H,61,73)(H,62,74)(H,63,71)(H,64,72)(H,65,75)(H,66,82)/t39-,40?,41+,42+,43+,47+,48+,49+,50-,51-,52-,53+,54+,55+,57+,58+,59+/m0/s1. The van der Waals surface area contributed by atoms with E-state index < -0.39 is 160 Å². The summed E-state index contributed by atoms with van der Waals surface area (Å²) < 4.78 is 82.1. The fraction of sp³-hybridized carbons (Fsp3) is 0.881. The molecule has 3 saturated heterocycles. The Morgan fingerprint density at radius 3 is 1.07 bits per heavy atom. The Bertz CT molecular complexity index is 2190. The van der Waals surface area contributed by atoms with E-state index in [9.17, 15) is 79.5 Å². The maximum Gasteiger partial charge on any atom is 0.246 e. The minimum Gasteiger partial charge on any atom is -0.394 e.